The molecule has 3 aromatic rings. The summed E-state index contributed by atoms with van der Waals surface area (Å²) in [6.07, 6.45) is -0.720. The van der Waals surface area contributed by atoms with Gasteiger partial charge in [0, 0.05) is 10.9 Å². The number of benzene rings is 2. The first-order valence-corrected chi connectivity index (χ1v) is 12.8. The average molecular weight is 500 g/mol. The number of aliphatic imine (C=N–C) groups is 2. The van der Waals surface area contributed by atoms with Gasteiger partial charge in [-0.2, -0.15) is 5.10 Å². The van der Waals surface area contributed by atoms with E-state index >= 15 is 0 Å². The molecule has 0 fully saturated rings. The molecule has 0 radical (unpaired) electrons. The first-order valence-electron chi connectivity index (χ1n) is 11.2. The topological polar surface area (TPSA) is 104 Å². The van der Waals surface area contributed by atoms with E-state index in [0.29, 0.717) is 11.3 Å². The van der Waals surface area contributed by atoms with Crippen LogP contribution in [0.2, 0.25) is 0 Å². The molecule has 0 bridgehead atoms. The average Bonchev–Trinajstić information content (AvgIpc) is 3.15. The summed E-state index contributed by atoms with van der Waals surface area (Å²) in [7, 11) is -3.71. The molecule has 0 aliphatic heterocycles. The van der Waals surface area contributed by atoms with Crippen LogP contribution in [0.4, 0.5) is 4.39 Å². The van der Waals surface area contributed by atoms with Gasteiger partial charge in [-0.25, -0.2) is 14.4 Å². The van der Waals surface area contributed by atoms with E-state index in [9.17, 15) is 8.96 Å². The van der Waals surface area contributed by atoms with E-state index in [-0.39, 0.29) is 41.5 Å². The molecule has 0 amide bonds. The van der Waals surface area contributed by atoms with Crippen molar-refractivity contribution in [2.24, 2.45) is 15.7 Å². The molecule has 0 aliphatic carbocycles. The molecule has 3 rings (SSSR count). The second-order valence-electron chi connectivity index (χ2n) is 8.48. The summed E-state index contributed by atoms with van der Waals surface area (Å²) >= 11 is 0. The van der Waals surface area contributed by atoms with Crippen molar-refractivity contribution in [2.45, 2.75) is 53.4 Å². The van der Waals surface area contributed by atoms with Crippen molar-refractivity contribution >= 4 is 31.1 Å². The predicted molar refractivity (Wildman–Crippen MR) is 138 cm³/mol. The lowest BCUT2D eigenvalue weighted by Crippen LogP contribution is -2.12. The molecule has 1 aromatic heterocycles. The van der Waals surface area contributed by atoms with Crippen LogP contribution in [0.3, 0.4) is 0 Å². The van der Waals surface area contributed by atoms with E-state index in [1.165, 1.54) is 6.07 Å². The minimum absolute atomic E-state index is 0.0650. The van der Waals surface area contributed by atoms with Crippen molar-refractivity contribution in [3.63, 3.8) is 0 Å². The molecule has 10 heteroatoms. The number of rotatable bonds is 9. The number of aromatic nitrogens is 2. The van der Waals surface area contributed by atoms with Crippen LogP contribution in [-0.2, 0) is 20.2 Å². The molecule has 0 atom stereocenters. The summed E-state index contributed by atoms with van der Waals surface area (Å²) in [5.41, 5.74) is 7.91. The lowest BCUT2D eigenvalue weighted by atomic mass is 10.2. The van der Waals surface area contributed by atoms with Crippen LogP contribution in [0.1, 0.15) is 45.9 Å². The van der Waals surface area contributed by atoms with Gasteiger partial charge in [0.2, 0.25) is 0 Å². The Kier molecular flexibility index (Phi) is 8.38. The van der Waals surface area contributed by atoms with Crippen LogP contribution in [0.15, 0.2) is 69.7 Å². The molecule has 186 valence electrons. The van der Waals surface area contributed by atoms with Gasteiger partial charge in [-0.3, -0.25) is 9.25 Å². The van der Waals surface area contributed by atoms with Crippen molar-refractivity contribution in [3.05, 3.63) is 76.7 Å². The van der Waals surface area contributed by atoms with E-state index in [2.05, 4.69) is 21.8 Å². The Balaban J connectivity index is 2.10. The van der Waals surface area contributed by atoms with Crippen molar-refractivity contribution in [3.8, 4) is 0 Å². The van der Waals surface area contributed by atoms with Crippen LogP contribution in [0.25, 0.3) is 10.9 Å². The maximum absolute atomic E-state index is 14.3. The molecule has 35 heavy (non-hydrogen) atoms. The summed E-state index contributed by atoms with van der Waals surface area (Å²) < 4.78 is 40.7. The molecule has 8 nitrogen and oxygen atoms in total. The Morgan fingerprint density at radius 1 is 1.11 bits per heavy atom. The highest BCUT2D eigenvalue weighted by Gasteiger charge is 2.32. The predicted octanol–water partition coefficient (Wildman–Crippen LogP) is 5.86. The zero-order valence-electron chi connectivity index (χ0n) is 20.6. The van der Waals surface area contributed by atoms with Crippen molar-refractivity contribution in [2.75, 3.05) is 0 Å². The van der Waals surface area contributed by atoms with Crippen molar-refractivity contribution < 1.29 is 18.0 Å². The van der Waals surface area contributed by atoms with Gasteiger partial charge in [0.15, 0.2) is 5.84 Å². The van der Waals surface area contributed by atoms with E-state index in [1.54, 1.807) is 57.5 Å². The molecule has 0 unspecified atom stereocenters. The Morgan fingerprint density at radius 3 is 2.31 bits per heavy atom. The van der Waals surface area contributed by atoms with Crippen molar-refractivity contribution in [1.82, 2.24) is 9.78 Å². The minimum atomic E-state index is -3.71. The first kappa shape index (κ1) is 26.5. The summed E-state index contributed by atoms with van der Waals surface area (Å²) in [5, 5.41) is 5.54. The van der Waals surface area contributed by atoms with Crippen LogP contribution in [0.5, 0.6) is 0 Å². The zero-order chi connectivity index (χ0) is 25.8. The van der Waals surface area contributed by atoms with Gasteiger partial charge in [0.05, 0.1) is 29.6 Å². The highest BCUT2D eigenvalue weighted by atomic mass is 31.2. The number of halogens is 1. The highest BCUT2D eigenvalue weighted by molar-refractivity contribution is 7.58. The van der Waals surface area contributed by atoms with Crippen LogP contribution < -0.4 is 5.73 Å². The number of hydrogen-bond acceptors (Lipinski definition) is 6. The highest BCUT2D eigenvalue weighted by Crippen LogP contribution is 2.58. The maximum atomic E-state index is 14.3. The lowest BCUT2D eigenvalue weighted by molar-refractivity contribution is 0.147. The molecule has 0 aliphatic rings. The van der Waals surface area contributed by atoms with Gasteiger partial charge < -0.3 is 14.8 Å². The van der Waals surface area contributed by atoms with Crippen LogP contribution in [0, 0.1) is 5.82 Å². The SMILES string of the molecule is C=N/C(=N\C(N)=C(/C)P(=O)(OC(C)C)OC(C)C)c1nn(Cc2ccccc2F)c2ccccc12. The van der Waals surface area contributed by atoms with Gasteiger partial charge in [-0.1, -0.05) is 36.4 Å². The van der Waals surface area contributed by atoms with E-state index < -0.39 is 7.60 Å². The molecule has 2 N–H and O–H groups in total. The Morgan fingerprint density at radius 2 is 1.71 bits per heavy atom. The summed E-state index contributed by atoms with van der Waals surface area (Å²) in [4.78, 5) is 8.43. The third kappa shape index (κ3) is 6.11. The molecule has 0 saturated heterocycles. The second-order valence-corrected chi connectivity index (χ2v) is 10.6. The standard InChI is InChI=1S/C25H31FN5O3P/c1-16(2)33-35(32,34-17(3)4)18(5)24(27)29-25(28-6)23-20-12-8-10-14-22(20)31(30-23)15-19-11-7-9-13-21(19)26/h7-14,16-17H,6,15,27H2,1-5H3/b24-18+,29-25-. The Bertz CT molecular complexity index is 1320. The number of para-hydroxylation sites is 1. The fourth-order valence-corrected chi connectivity index (χ4v) is 5.24. The molecule has 1 heterocycles. The Hall–Kier alpha value is -3.13. The quantitative estimate of drug-likeness (QED) is 0.226. The fourth-order valence-electron chi connectivity index (χ4n) is 3.44. The van der Waals surface area contributed by atoms with Crippen LogP contribution >= 0.6 is 7.60 Å². The van der Waals surface area contributed by atoms with Crippen LogP contribution in [-0.4, -0.2) is 34.5 Å². The number of hydrogen-bond donors (Lipinski definition) is 1. The van der Waals surface area contributed by atoms with Gasteiger partial charge in [0.1, 0.15) is 17.3 Å². The molecular weight excluding hydrogens is 468 g/mol. The van der Waals surface area contributed by atoms with E-state index in [4.69, 9.17) is 14.8 Å². The van der Waals surface area contributed by atoms with Gasteiger partial charge in [-0.15, -0.1) is 0 Å². The second kappa shape index (κ2) is 11.1. The third-order valence-electron chi connectivity index (χ3n) is 5.00. The first-order chi connectivity index (χ1) is 16.6. The number of allylic oxidation sites excluding steroid dienone is 1. The molecular formula is C25H31FN5O3P. The number of nitrogens with zero attached hydrogens (tertiary/aromatic N) is 4. The largest absolute Gasteiger partial charge is 0.383 e. The molecule has 2 aromatic carbocycles. The molecule has 0 spiro atoms. The lowest BCUT2D eigenvalue weighted by Gasteiger charge is -2.23. The Labute approximate surface area is 204 Å². The van der Waals surface area contributed by atoms with Gasteiger partial charge in [-0.05, 0) is 53.5 Å². The van der Waals surface area contributed by atoms with E-state index in [1.807, 2.05) is 24.3 Å². The monoisotopic (exact) mass is 499 g/mol. The maximum Gasteiger partial charge on any atom is 0.361 e. The summed E-state index contributed by atoms with van der Waals surface area (Å²) in [6.45, 7) is 12.4. The normalized spacial score (nSPS) is 13.5. The smallest absolute Gasteiger partial charge is 0.361 e. The van der Waals surface area contributed by atoms with Gasteiger partial charge >= 0.3 is 7.60 Å². The van der Waals surface area contributed by atoms with Gasteiger partial charge in [0.25, 0.3) is 0 Å². The fraction of sp³-hybridized carbons (Fsp3) is 0.320. The third-order valence-corrected chi connectivity index (χ3v) is 7.45. The van der Waals surface area contributed by atoms with Crippen molar-refractivity contribution in [1.29, 1.82) is 0 Å². The number of amidine groups is 1. The number of fused-ring (bicyclic) bond motifs is 1. The summed E-state index contributed by atoms with van der Waals surface area (Å²) in [6, 6.07) is 14.0. The number of nitrogens with two attached hydrogens (primary N) is 1. The minimum Gasteiger partial charge on any atom is -0.383 e. The van der Waals surface area contributed by atoms with E-state index in [0.717, 1.165) is 10.9 Å². The summed E-state index contributed by atoms with van der Waals surface area (Å²) in [5.74, 6) is -0.256. The molecule has 0 saturated carbocycles. The zero-order valence-corrected chi connectivity index (χ0v) is 21.5.